The molecule has 5 nitrogen and oxygen atoms in total. The van der Waals surface area contributed by atoms with Gasteiger partial charge in [0.2, 0.25) is 0 Å². The Morgan fingerprint density at radius 2 is 1.73 bits per heavy atom. The first-order chi connectivity index (χ1) is 19.4. The number of unbranched alkanes of at least 4 members (excludes halogenated alkanes) is 1. The fourth-order valence-corrected chi connectivity index (χ4v) is 4.35. The summed E-state index contributed by atoms with van der Waals surface area (Å²) in [6.45, 7) is 4.84. The topological polar surface area (TPSA) is 75.9 Å². The maximum Gasteiger partial charge on any atom is 0.416 e. The molecule has 3 rings (SSSR count). The number of nitrogens with one attached hydrogen (secondary N) is 2. The normalized spacial score (nSPS) is 13.7. The molecule has 1 heterocycles. The van der Waals surface area contributed by atoms with Crippen molar-refractivity contribution in [3.8, 4) is 0 Å². The highest BCUT2D eigenvalue weighted by Gasteiger charge is 2.33. The number of fused-ring (bicyclic) bond motifs is 1. The number of aromatic nitrogens is 2. The largest absolute Gasteiger partial charge is 0.416 e. The quantitative estimate of drug-likeness (QED) is 0.141. The van der Waals surface area contributed by atoms with Gasteiger partial charge in [0.05, 0.1) is 11.1 Å². The summed E-state index contributed by atoms with van der Waals surface area (Å²) in [5.74, 6) is 0.812. The number of nitrogens with two attached hydrogens (primary N) is 1. The predicted octanol–water partition coefficient (Wildman–Crippen LogP) is 8.00. The van der Waals surface area contributed by atoms with Gasteiger partial charge in [-0.15, -0.1) is 0 Å². The van der Waals surface area contributed by atoms with Crippen molar-refractivity contribution in [2.75, 3.05) is 11.9 Å². The highest BCUT2D eigenvalue weighted by atomic mass is 19.4. The van der Waals surface area contributed by atoms with E-state index in [0.29, 0.717) is 52.8 Å². The van der Waals surface area contributed by atoms with E-state index in [1.807, 2.05) is 0 Å². The molecule has 3 aromatic rings. The Morgan fingerprint density at radius 3 is 2.34 bits per heavy atom. The Bertz CT molecular complexity index is 1330. The third kappa shape index (κ3) is 9.48. The van der Waals surface area contributed by atoms with Gasteiger partial charge in [-0.1, -0.05) is 38.8 Å². The molecular weight excluding hydrogens is 544 g/mol. The second-order valence-corrected chi connectivity index (χ2v) is 9.74. The van der Waals surface area contributed by atoms with E-state index in [0.717, 1.165) is 56.2 Å². The number of allylic oxidation sites excluding steroid dienone is 3. The molecular formula is C30H35F6N5. The van der Waals surface area contributed by atoms with E-state index in [-0.39, 0.29) is 6.42 Å². The Kier molecular flexibility index (Phi) is 11.2. The van der Waals surface area contributed by atoms with E-state index in [2.05, 4.69) is 34.4 Å². The maximum atomic E-state index is 13.6. The van der Waals surface area contributed by atoms with Crippen molar-refractivity contribution in [3.05, 3.63) is 83.3 Å². The number of hydrogen-bond donors (Lipinski definition) is 3. The molecule has 222 valence electrons. The van der Waals surface area contributed by atoms with Crippen LogP contribution in [-0.4, -0.2) is 28.7 Å². The van der Waals surface area contributed by atoms with Gasteiger partial charge in [-0.3, -0.25) is 0 Å². The summed E-state index contributed by atoms with van der Waals surface area (Å²) >= 11 is 0. The molecule has 0 amide bonds. The standard InChI is InChI=1S/C30H35F6N5/c1-3-5-8-23(4-2)38-17-15-27-40-26-19-20(18-22(7-6-16-37)30(34,35)36)9-14-25(26)28(41-27)39-24-12-10-21(11-13-24)29(31,32)33/h6-7,9-14,16,19,23,38H,3-5,8,15,17-18,37H2,1-2H3,(H,39,40,41)/b16-6-,22-7+. The summed E-state index contributed by atoms with van der Waals surface area (Å²) in [5, 5.41) is 7.10. The van der Waals surface area contributed by atoms with E-state index >= 15 is 0 Å². The van der Waals surface area contributed by atoms with Crippen molar-refractivity contribution in [2.24, 2.45) is 5.73 Å². The summed E-state index contributed by atoms with van der Waals surface area (Å²) in [7, 11) is 0. The van der Waals surface area contributed by atoms with Crippen LogP contribution < -0.4 is 16.4 Å². The van der Waals surface area contributed by atoms with Crippen LogP contribution >= 0.6 is 0 Å². The van der Waals surface area contributed by atoms with E-state index in [1.165, 1.54) is 12.1 Å². The van der Waals surface area contributed by atoms with Gasteiger partial charge < -0.3 is 16.4 Å². The lowest BCUT2D eigenvalue weighted by molar-refractivity contribution is -0.137. The zero-order valence-corrected chi connectivity index (χ0v) is 23.0. The number of rotatable bonds is 13. The minimum atomic E-state index is -4.54. The van der Waals surface area contributed by atoms with Crippen LogP contribution in [0.4, 0.5) is 37.8 Å². The van der Waals surface area contributed by atoms with Crippen LogP contribution in [0.3, 0.4) is 0 Å². The monoisotopic (exact) mass is 579 g/mol. The SMILES string of the molecule is CCCCC(CC)NCCc1nc(Nc2ccc(C(F)(F)F)cc2)c2ccc(C/C(=C\C=C/N)C(F)(F)F)cc2n1. The van der Waals surface area contributed by atoms with Gasteiger partial charge in [-0.25, -0.2) is 9.97 Å². The summed E-state index contributed by atoms with van der Waals surface area (Å²) < 4.78 is 79.8. The molecule has 1 unspecified atom stereocenters. The van der Waals surface area contributed by atoms with Gasteiger partial charge in [0.15, 0.2) is 0 Å². The first kappa shape index (κ1) is 31.9. The third-order valence-electron chi connectivity index (χ3n) is 6.63. The first-order valence-electron chi connectivity index (χ1n) is 13.6. The van der Waals surface area contributed by atoms with E-state index in [1.54, 1.807) is 18.2 Å². The summed E-state index contributed by atoms with van der Waals surface area (Å²) in [6.07, 6.45) is -1.62. The van der Waals surface area contributed by atoms with Crippen LogP contribution in [0.15, 0.2) is 66.4 Å². The minimum absolute atomic E-state index is 0.349. The van der Waals surface area contributed by atoms with Crippen molar-refractivity contribution in [1.82, 2.24) is 15.3 Å². The molecule has 0 aliphatic carbocycles. The smallest absolute Gasteiger partial charge is 0.405 e. The Labute approximate surface area is 236 Å². The highest BCUT2D eigenvalue weighted by Crippen LogP contribution is 2.33. The molecule has 0 saturated carbocycles. The molecule has 1 aromatic heterocycles. The van der Waals surface area contributed by atoms with Crippen molar-refractivity contribution in [3.63, 3.8) is 0 Å². The highest BCUT2D eigenvalue weighted by molar-refractivity contribution is 5.91. The molecule has 0 aliphatic rings. The van der Waals surface area contributed by atoms with Gasteiger partial charge in [-0.2, -0.15) is 26.3 Å². The van der Waals surface area contributed by atoms with E-state index < -0.39 is 23.5 Å². The van der Waals surface area contributed by atoms with Gasteiger partial charge in [0, 0.05) is 42.1 Å². The second kappa shape index (κ2) is 14.3. The number of benzene rings is 2. The molecule has 1 atom stereocenters. The number of alkyl halides is 6. The maximum absolute atomic E-state index is 13.6. The summed E-state index contributed by atoms with van der Waals surface area (Å²) in [6, 6.07) is 9.64. The molecule has 0 saturated heterocycles. The summed E-state index contributed by atoms with van der Waals surface area (Å²) in [4.78, 5) is 9.25. The third-order valence-corrected chi connectivity index (χ3v) is 6.63. The fourth-order valence-electron chi connectivity index (χ4n) is 4.35. The molecule has 0 aliphatic heterocycles. The molecule has 0 fully saturated rings. The lowest BCUT2D eigenvalue weighted by Crippen LogP contribution is -2.30. The van der Waals surface area contributed by atoms with Crippen LogP contribution in [0.1, 0.15) is 56.5 Å². The van der Waals surface area contributed by atoms with Gasteiger partial charge in [-0.05, 0) is 67.1 Å². The van der Waals surface area contributed by atoms with Crippen LogP contribution in [0, 0.1) is 0 Å². The number of halogens is 6. The second-order valence-electron chi connectivity index (χ2n) is 9.74. The average molecular weight is 580 g/mol. The Hall–Kier alpha value is -3.60. The van der Waals surface area contributed by atoms with Crippen molar-refractivity contribution >= 4 is 22.4 Å². The zero-order valence-electron chi connectivity index (χ0n) is 23.0. The molecule has 0 spiro atoms. The Morgan fingerprint density at radius 1 is 1.00 bits per heavy atom. The summed E-state index contributed by atoms with van der Waals surface area (Å²) in [5.41, 5.74) is 4.88. The minimum Gasteiger partial charge on any atom is -0.405 e. The number of nitrogens with zero attached hydrogens (tertiary/aromatic N) is 2. The van der Waals surface area contributed by atoms with Gasteiger partial charge in [0.1, 0.15) is 11.6 Å². The molecule has 2 aromatic carbocycles. The molecule has 11 heteroatoms. The van der Waals surface area contributed by atoms with E-state index in [4.69, 9.17) is 5.73 Å². The molecule has 41 heavy (non-hydrogen) atoms. The van der Waals surface area contributed by atoms with Crippen molar-refractivity contribution < 1.29 is 26.3 Å². The lowest BCUT2D eigenvalue weighted by atomic mass is 10.0. The van der Waals surface area contributed by atoms with Gasteiger partial charge in [0.25, 0.3) is 0 Å². The zero-order chi connectivity index (χ0) is 30.0. The lowest BCUT2D eigenvalue weighted by Gasteiger charge is -2.17. The fraction of sp³-hybridized carbons (Fsp3) is 0.400. The number of hydrogen-bond acceptors (Lipinski definition) is 5. The van der Waals surface area contributed by atoms with E-state index in [9.17, 15) is 26.3 Å². The molecule has 0 bridgehead atoms. The van der Waals surface area contributed by atoms with Gasteiger partial charge >= 0.3 is 12.4 Å². The Balaban J connectivity index is 1.95. The van der Waals surface area contributed by atoms with Crippen LogP contribution in [0.25, 0.3) is 10.9 Å². The molecule has 0 radical (unpaired) electrons. The van der Waals surface area contributed by atoms with Crippen LogP contribution in [0.5, 0.6) is 0 Å². The first-order valence-corrected chi connectivity index (χ1v) is 13.6. The predicted molar refractivity (Wildman–Crippen MR) is 151 cm³/mol. The van der Waals surface area contributed by atoms with Crippen LogP contribution in [-0.2, 0) is 19.0 Å². The van der Waals surface area contributed by atoms with Crippen molar-refractivity contribution in [1.29, 1.82) is 0 Å². The van der Waals surface area contributed by atoms with Crippen LogP contribution in [0.2, 0.25) is 0 Å². The molecule has 4 N–H and O–H groups in total. The van der Waals surface area contributed by atoms with Crippen molar-refractivity contribution in [2.45, 2.75) is 70.8 Å². The average Bonchev–Trinajstić information content (AvgIpc) is 2.92. The number of anilines is 2.